The van der Waals surface area contributed by atoms with Gasteiger partial charge in [-0.3, -0.25) is 14.9 Å². The second kappa shape index (κ2) is 7.34. The van der Waals surface area contributed by atoms with Crippen molar-refractivity contribution >= 4 is 28.1 Å². The standard InChI is InChI=1S/C13H13N3O4S/c17-12(15-13-14-7-9-21-13)6-3-8-20-11-5-2-1-4-10(11)16(18)19/h1-2,4-5,7,9H,3,6,8H2,(H,14,15,17). The number of benzene rings is 1. The molecule has 1 N–H and O–H groups in total. The van der Waals surface area contributed by atoms with Crippen molar-refractivity contribution < 1.29 is 14.5 Å². The van der Waals surface area contributed by atoms with E-state index in [2.05, 4.69) is 10.3 Å². The first-order chi connectivity index (χ1) is 10.2. The lowest BCUT2D eigenvalue weighted by Crippen LogP contribution is -2.12. The fourth-order valence-electron chi connectivity index (χ4n) is 1.61. The van der Waals surface area contributed by atoms with Crippen molar-refractivity contribution in [1.82, 2.24) is 4.98 Å². The average Bonchev–Trinajstić information content (AvgIpc) is 2.96. The number of carbonyl (C=O) groups is 1. The molecule has 0 aliphatic heterocycles. The van der Waals surface area contributed by atoms with Crippen molar-refractivity contribution in [2.75, 3.05) is 11.9 Å². The molecule has 7 nitrogen and oxygen atoms in total. The number of nitro benzene ring substituents is 1. The van der Waals surface area contributed by atoms with Crippen LogP contribution in [0.4, 0.5) is 10.8 Å². The fraction of sp³-hybridized carbons (Fsp3) is 0.231. The summed E-state index contributed by atoms with van der Waals surface area (Å²) in [4.78, 5) is 25.8. The number of carbonyl (C=O) groups excluding carboxylic acids is 1. The van der Waals surface area contributed by atoms with Gasteiger partial charge in [0, 0.05) is 24.1 Å². The van der Waals surface area contributed by atoms with Gasteiger partial charge in [-0.15, -0.1) is 11.3 Å². The van der Waals surface area contributed by atoms with E-state index in [4.69, 9.17) is 4.74 Å². The molecular weight excluding hydrogens is 294 g/mol. The zero-order valence-corrected chi connectivity index (χ0v) is 11.8. The number of para-hydroxylation sites is 2. The number of rotatable bonds is 7. The minimum absolute atomic E-state index is 0.0789. The van der Waals surface area contributed by atoms with Gasteiger partial charge in [0.1, 0.15) is 0 Å². The molecule has 0 saturated heterocycles. The SMILES string of the molecule is O=C(CCCOc1ccccc1[N+](=O)[O-])Nc1nccs1. The molecule has 0 bridgehead atoms. The molecule has 0 radical (unpaired) electrons. The lowest BCUT2D eigenvalue weighted by Gasteiger charge is -2.06. The third-order valence-corrected chi connectivity index (χ3v) is 3.23. The summed E-state index contributed by atoms with van der Waals surface area (Å²) < 4.78 is 5.35. The summed E-state index contributed by atoms with van der Waals surface area (Å²) in [5, 5.41) is 15.8. The van der Waals surface area contributed by atoms with Crippen LogP contribution in [0.3, 0.4) is 0 Å². The summed E-state index contributed by atoms with van der Waals surface area (Å²) in [5.74, 6) is 0.0546. The molecule has 21 heavy (non-hydrogen) atoms. The summed E-state index contributed by atoms with van der Waals surface area (Å²) in [6.07, 6.45) is 2.33. The third kappa shape index (κ3) is 4.53. The Kier molecular flexibility index (Phi) is 5.22. The monoisotopic (exact) mass is 307 g/mol. The summed E-state index contributed by atoms with van der Waals surface area (Å²) in [6, 6.07) is 6.16. The molecule has 1 amide bonds. The van der Waals surface area contributed by atoms with Gasteiger partial charge in [-0.05, 0) is 12.5 Å². The van der Waals surface area contributed by atoms with E-state index in [0.717, 1.165) is 0 Å². The molecule has 1 aromatic heterocycles. The van der Waals surface area contributed by atoms with Crippen molar-refractivity contribution in [3.8, 4) is 5.75 Å². The molecule has 0 unspecified atom stereocenters. The predicted octanol–water partition coefficient (Wildman–Crippen LogP) is 2.85. The van der Waals surface area contributed by atoms with E-state index in [9.17, 15) is 14.9 Å². The first-order valence-corrected chi connectivity index (χ1v) is 7.10. The molecular formula is C13H13N3O4S. The van der Waals surface area contributed by atoms with Crippen LogP contribution in [0.2, 0.25) is 0 Å². The number of nitrogens with zero attached hydrogens (tertiary/aromatic N) is 2. The quantitative estimate of drug-likeness (QED) is 0.482. The van der Waals surface area contributed by atoms with E-state index in [0.29, 0.717) is 11.6 Å². The maximum absolute atomic E-state index is 11.6. The molecule has 2 rings (SSSR count). The van der Waals surface area contributed by atoms with E-state index in [1.54, 1.807) is 23.7 Å². The van der Waals surface area contributed by atoms with E-state index in [-0.39, 0.29) is 30.4 Å². The van der Waals surface area contributed by atoms with Gasteiger partial charge in [-0.2, -0.15) is 0 Å². The van der Waals surface area contributed by atoms with Crippen LogP contribution >= 0.6 is 11.3 Å². The van der Waals surface area contributed by atoms with Crippen LogP contribution in [-0.4, -0.2) is 22.4 Å². The molecule has 8 heteroatoms. The predicted molar refractivity (Wildman–Crippen MR) is 78.6 cm³/mol. The molecule has 0 spiro atoms. The van der Waals surface area contributed by atoms with Crippen LogP contribution in [0.1, 0.15) is 12.8 Å². The molecule has 0 saturated carbocycles. The molecule has 0 aliphatic carbocycles. The Morgan fingerprint density at radius 2 is 2.24 bits per heavy atom. The van der Waals surface area contributed by atoms with Gasteiger partial charge < -0.3 is 10.1 Å². The number of thiazole rings is 1. The highest BCUT2D eigenvalue weighted by atomic mass is 32.1. The largest absolute Gasteiger partial charge is 0.487 e. The van der Waals surface area contributed by atoms with Crippen molar-refractivity contribution in [3.05, 3.63) is 46.0 Å². The minimum Gasteiger partial charge on any atom is -0.487 e. The lowest BCUT2D eigenvalue weighted by molar-refractivity contribution is -0.385. The highest BCUT2D eigenvalue weighted by Gasteiger charge is 2.13. The number of hydrogen-bond acceptors (Lipinski definition) is 6. The van der Waals surface area contributed by atoms with Gasteiger partial charge >= 0.3 is 5.69 Å². The van der Waals surface area contributed by atoms with Gasteiger partial charge in [0.05, 0.1) is 11.5 Å². The number of aromatic nitrogens is 1. The van der Waals surface area contributed by atoms with Crippen LogP contribution in [0.15, 0.2) is 35.8 Å². The van der Waals surface area contributed by atoms with Gasteiger partial charge in [-0.25, -0.2) is 4.98 Å². The van der Waals surface area contributed by atoms with Crippen LogP contribution in [0, 0.1) is 10.1 Å². The van der Waals surface area contributed by atoms with Crippen molar-refractivity contribution in [1.29, 1.82) is 0 Å². The van der Waals surface area contributed by atoms with Crippen molar-refractivity contribution in [2.24, 2.45) is 0 Å². The Morgan fingerprint density at radius 1 is 1.43 bits per heavy atom. The lowest BCUT2D eigenvalue weighted by atomic mass is 10.3. The Bertz CT molecular complexity index is 616. The summed E-state index contributed by atoms with van der Waals surface area (Å²) in [6.45, 7) is 0.232. The molecule has 110 valence electrons. The first kappa shape index (κ1) is 14.9. The van der Waals surface area contributed by atoms with Crippen LogP contribution in [-0.2, 0) is 4.79 Å². The summed E-state index contributed by atoms with van der Waals surface area (Å²) in [7, 11) is 0. The molecule has 2 aromatic rings. The van der Waals surface area contributed by atoms with Gasteiger partial charge in [0.2, 0.25) is 5.91 Å². The third-order valence-electron chi connectivity index (χ3n) is 2.55. The fourth-order valence-corrected chi connectivity index (χ4v) is 2.16. The summed E-state index contributed by atoms with van der Waals surface area (Å²) >= 11 is 1.34. The molecule has 1 aromatic carbocycles. The smallest absolute Gasteiger partial charge is 0.310 e. The number of anilines is 1. The Balaban J connectivity index is 1.75. The van der Waals surface area contributed by atoms with E-state index < -0.39 is 4.92 Å². The maximum Gasteiger partial charge on any atom is 0.310 e. The molecule has 0 atom stereocenters. The first-order valence-electron chi connectivity index (χ1n) is 6.22. The van der Waals surface area contributed by atoms with Gasteiger partial charge in [0.15, 0.2) is 10.9 Å². The average molecular weight is 307 g/mol. The number of amides is 1. The van der Waals surface area contributed by atoms with Gasteiger partial charge in [0.25, 0.3) is 0 Å². The maximum atomic E-state index is 11.6. The zero-order valence-electron chi connectivity index (χ0n) is 11.0. The van der Waals surface area contributed by atoms with Crippen LogP contribution < -0.4 is 10.1 Å². The topological polar surface area (TPSA) is 94.4 Å². The Hall–Kier alpha value is -2.48. The number of nitrogens with one attached hydrogen (secondary N) is 1. The van der Waals surface area contributed by atoms with Crippen molar-refractivity contribution in [2.45, 2.75) is 12.8 Å². The minimum atomic E-state index is -0.496. The van der Waals surface area contributed by atoms with E-state index in [1.807, 2.05) is 0 Å². The highest BCUT2D eigenvalue weighted by molar-refractivity contribution is 7.13. The molecule has 0 fully saturated rings. The second-order valence-electron chi connectivity index (χ2n) is 4.06. The number of ether oxygens (including phenoxy) is 1. The van der Waals surface area contributed by atoms with E-state index >= 15 is 0 Å². The van der Waals surface area contributed by atoms with Crippen LogP contribution in [0.5, 0.6) is 5.75 Å². The molecule has 0 aliphatic rings. The Labute approximate surface area is 124 Å². The van der Waals surface area contributed by atoms with Gasteiger partial charge in [-0.1, -0.05) is 12.1 Å². The van der Waals surface area contributed by atoms with E-state index in [1.165, 1.54) is 23.5 Å². The van der Waals surface area contributed by atoms with Crippen molar-refractivity contribution in [3.63, 3.8) is 0 Å². The number of hydrogen-bond donors (Lipinski definition) is 1. The number of nitro groups is 1. The van der Waals surface area contributed by atoms with Crippen LogP contribution in [0.25, 0.3) is 0 Å². The molecule has 1 heterocycles. The summed E-state index contributed by atoms with van der Waals surface area (Å²) in [5.41, 5.74) is -0.0789. The zero-order chi connectivity index (χ0) is 15.1. The highest BCUT2D eigenvalue weighted by Crippen LogP contribution is 2.25. The normalized spacial score (nSPS) is 10.1. The second-order valence-corrected chi connectivity index (χ2v) is 4.96. The Morgan fingerprint density at radius 3 is 2.95 bits per heavy atom.